The Bertz CT molecular complexity index is 1930. The number of hydrogen-bond acceptors (Lipinski definition) is 10. The lowest BCUT2D eigenvalue weighted by atomic mass is 9.96. The minimum atomic E-state index is -0.712. The molecule has 246 valence electrons. The number of nitrogens with zero attached hydrogens (tertiary/aromatic N) is 6. The number of nitriles is 1. The van der Waals surface area contributed by atoms with Crippen LogP contribution in [-0.2, 0) is 0 Å². The molecule has 0 saturated carbocycles. The van der Waals surface area contributed by atoms with Crippen LogP contribution < -0.4 is 20.1 Å². The summed E-state index contributed by atoms with van der Waals surface area (Å²) >= 11 is 8.03. The average Bonchev–Trinajstić information content (AvgIpc) is 3.75. The number of benzene rings is 2. The lowest BCUT2D eigenvalue weighted by molar-refractivity contribution is 0.0878. The summed E-state index contributed by atoms with van der Waals surface area (Å²) in [6.45, 7) is 4.62. The molecule has 9 nitrogen and oxygen atoms in total. The number of thiophene rings is 1. The van der Waals surface area contributed by atoms with Crippen LogP contribution in [0.15, 0.2) is 12.1 Å². The molecule has 0 spiro atoms. The fraction of sp³-hybridized carbons (Fsp3) is 0.500. The second-order valence-electron chi connectivity index (χ2n) is 13.1. The van der Waals surface area contributed by atoms with Crippen LogP contribution in [0, 0.1) is 23.0 Å². The molecule has 4 aromatic rings. The van der Waals surface area contributed by atoms with Crippen LogP contribution in [0.25, 0.3) is 32.1 Å². The smallest absolute Gasteiger partial charge is 0.319 e. The van der Waals surface area contributed by atoms with E-state index in [0.717, 1.165) is 75.9 Å². The first-order chi connectivity index (χ1) is 22.8. The second-order valence-corrected chi connectivity index (χ2v) is 14.5. The molecule has 3 atom stereocenters. The molecule has 2 aromatic carbocycles. The Morgan fingerprint density at radius 1 is 1.04 bits per heavy atom. The maximum Gasteiger partial charge on any atom is 0.319 e. The number of nitrogen functional groups attached to an aromatic ring is 1. The molecule has 0 amide bonds. The van der Waals surface area contributed by atoms with Gasteiger partial charge < -0.3 is 20.1 Å². The zero-order valence-electron chi connectivity index (χ0n) is 26.2. The Balaban J connectivity index is 1.37. The van der Waals surface area contributed by atoms with E-state index in [-0.39, 0.29) is 66.2 Å². The molecular formula is C34H36ClF2N7O2S. The number of likely N-dealkylation sites (tertiary alicyclic amines) is 1. The number of nitrogens with two attached hydrogens (primary N) is 1. The standard InChI is InChI=1S/C34H36ClF2N7O2S/c1-42-11-5-7-22(42)23-8-2-3-12-43-13-4-6-18(43)17-44-14-15-45-30-26-29(40-34(46-23)41-33(26)44)28(37)25(27(30)35)19-9-10-21(36)31-24(19)20(16-38)32(39)47-31/h9-10,18,22-23H,2-8,11-15,17,39H2,1H3/t18?,22-,23?/m0/s1. The first kappa shape index (κ1) is 30.8. The van der Waals surface area contributed by atoms with Gasteiger partial charge in [-0.05, 0) is 83.3 Å². The number of fused-ring (bicyclic) bond motifs is 3. The van der Waals surface area contributed by atoms with Gasteiger partial charge in [0.05, 0.1) is 27.2 Å². The Hall–Kier alpha value is -3.50. The summed E-state index contributed by atoms with van der Waals surface area (Å²) in [4.78, 5) is 16.8. The summed E-state index contributed by atoms with van der Waals surface area (Å²) < 4.78 is 45.4. The average molecular weight is 680 g/mol. The highest BCUT2D eigenvalue weighted by Crippen LogP contribution is 2.51. The summed E-state index contributed by atoms with van der Waals surface area (Å²) in [5.41, 5.74) is 6.45. The molecular weight excluding hydrogens is 644 g/mol. The van der Waals surface area contributed by atoms with Crippen LogP contribution in [0.2, 0.25) is 5.02 Å². The lowest BCUT2D eigenvalue weighted by Crippen LogP contribution is -2.42. The highest BCUT2D eigenvalue weighted by atomic mass is 35.5. The monoisotopic (exact) mass is 679 g/mol. The molecule has 4 aliphatic heterocycles. The summed E-state index contributed by atoms with van der Waals surface area (Å²) in [6.07, 6.45) is 7.11. The molecule has 2 bridgehead atoms. The van der Waals surface area contributed by atoms with Gasteiger partial charge in [-0.3, -0.25) is 9.80 Å². The number of anilines is 2. The van der Waals surface area contributed by atoms with Gasteiger partial charge in [-0.25, -0.2) is 8.78 Å². The van der Waals surface area contributed by atoms with Crippen molar-refractivity contribution in [2.75, 3.05) is 57.0 Å². The van der Waals surface area contributed by atoms with Crippen LogP contribution >= 0.6 is 22.9 Å². The fourth-order valence-electron chi connectivity index (χ4n) is 8.12. The number of halogens is 3. The number of hydrogen-bond donors (Lipinski definition) is 1. The van der Waals surface area contributed by atoms with Crippen LogP contribution in [0.5, 0.6) is 11.8 Å². The number of rotatable bonds is 2. The topological polar surface area (TPSA) is 104 Å². The van der Waals surface area contributed by atoms with E-state index in [2.05, 4.69) is 27.8 Å². The van der Waals surface area contributed by atoms with E-state index in [1.165, 1.54) is 12.1 Å². The van der Waals surface area contributed by atoms with Crippen molar-refractivity contribution in [3.63, 3.8) is 0 Å². The normalized spacial score (nSPS) is 23.9. The van der Waals surface area contributed by atoms with Crippen LogP contribution in [0.4, 0.5) is 19.6 Å². The van der Waals surface area contributed by atoms with Crippen LogP contribution in [-0.4, -0.2) is 84.3 Å². The van der Waals surface area contributed by atoms with Crippen molar-refractivity contribution in [1.82, 2.24) is 19.8 Å². The van der Waals surface area contributed by atoms with Crippen molar-refractivity contribution in [1.29, 1.82) is 5.26 Å². The van der Waals surface area contributed by atoms with Gasteiger partial charge in [-0.15, -0.1) is 11.3 Å². The molecule has 2 saturated heterocycles. The van der Waals surface area contributed by atoms with Gasteiger partial charge in [0.15, 0.2) is 11.6 Å². The fourth-order valence-corrected chi connectivity index (χ4v) is 9.40. The van der Waals surface area contributed by atoms with Crippen LogP contribution in [0.3, 0.4) is 0 Å². The number of ether oxygens (including phenoxy) is 2. The van der Waals surface area contributed by atoms with Crippen LogP contribution in [0.1, 0.15) is 50.5 Å². The first-order valence-corrected chi connectivity index (χ1v) is 17.7. The Morgan fingerprint density at radius 2 is 1.87 bits per heavy atom. The number of aromatic nitrogens is 2. The summed E-state index contributed by atoms with van der Waals surface area (Å²) in [5, 5.41) is 10.7. The molecule has 2 fully saturated rings. The zero-order chi connectivity index (χ0) is 32.4. The zero-order valence-corrected chi connectivity index (χ0v) is 27.8. The largest absolute Gasteiger partial charge is 0.489 e. The maximum atomic E-state index is 17.2. The molecule has 8 rings (SSSR count). The van der Waals surface area contributed by atoms with Gasteiger partial charge in [0.25, 0.3) is 0 Å². The lowest BCUT2D eigenvalue weighted by Gasteiger charge is -2.31. The quantitative estimate of drug-likeness (QED) is 0.251. The Morgan fingerprint density at radius 3 is 2.68 bits per heavy atom. The van der Waals surface area contributed by atoms with Gasteiger partial charge in [0.1, 0.15) is 40.9 Å². The third kappa shape index (κ3) is 5.14. The third-order valence-corrected chi connectivity index (χ3v) is 11.8. The first-order valence-electron chi connectivity index (χ1n) is 16.5. The van der Waals surface area contributed by atoms with E-state index in [9.17, 15) is 5.26 Å². The second kappa shape index (κ2) is 12.2. The predicted octanol–water partition coefficient (Wildman–Crippen LogP) is 6.59. The highest BCUT2D eigenvalue weighted by molar-refractivity contribution is 7.23. The van der Waals surface area contributed by atoms with Crippen molar-refractivity contribution in [3.8, 4) is 29.0 Å². The van der Waals surface area contributed by atoms with Crippen molar-refractivity contribution >= 4 is 54.7 Å². The van der Waals surface area contributed by atoms with E-state index < -0.39 is 11.6 Å². The summed E-state index contributed by atoms with van der Waals surface area (Å²) in [6, 6.07) is 5.42. The van der Waals surface area contributed by atoms with Gasteiger partial charge >= 0.3 is 6.01 Å². The van der Waals surface area contributed by atoms with E-state index in [1.807, 2.05) is 0 Å². The SMILES string of the molecule is CN1CCC[C@H]1C1CCCCN2CCCC2CN2CCOc3c(Cl)c(-c4ccc(F)c5sc(N)c(C#N)c45)c(F)c4nc(nc2c34)O1. The van der Waals surface area contributed by atoms with E-state index >= 15 is 8.78 Å². The molecule has 13 heteroatoms. The molecule has 2 aromatic heterocycles. The van der Waals surface area contributed by atoms with Crippen molar-refractivity contribution in [2.45, 2.75) is 63.1 Å². The van der Waals surface area contributed by atoms with Gasteiger partial charge in [0, 0.05) is 29.6 Å². The van der Waals surface area contributed by atoms with Gasteiger partial charge in [0.2, 0.25) is 0 Å². The minimum absolute atomic E-state index is 0.0159. The molecule has 2 unspecified atom stereocenters. The maximum absolute atomic E-state index is 17.2. The van der Waals surface area contributed by atoms with Gasteiger partial charge in [-0.2, -0.15) is 15.2 Å². The highest BCUT2D eigenvalue weighted by Gasteiger charge is 2.36. The minimum Gasteiger partial charge on any atom is -0.489 e. The molecule has 0 radical (unpaired) electrons. The summed E-state index contributed by atoms with van der Waals surface area (Å²) in [5.74, 6) is -0.460. The van der Waals surface area contributed by atoms with E-state index in [0.29, 0.717) is 36.9 Å². The van der Waals surface area contributed by atoms with Crippen molar-refractivity contribution < 1.29 is 18.3 Å². The molecule has 6 heterocycles. The van der Waals surface area contributed by atoms with Crippen molar-refractivity contribution in [2.24, 2.45) is 0 Å². The summed E-state index contributed by atoms with van der Waals surface area (Å²) in [7, 11) is 2.13. The van der Waals surface area contributed by atoms with E-state index in [1.54, 1.807) is 0 Å². The number of likely N-dealkylation sites (N-methyl/N-ethyl adjacent to an activating group) is 1. The predicted molar refractivity (Wildman–Crippen MR) is 181 cm³/mol. The molecule has 0 aliphatic carbocycles. The molecule has 2 N–H and O–H groups in total. The van der Waals surface area contributed by atoms with Crippen molar-refractivity contribution in [3.05, 3.63) is 34.4 Å². The Kier molecular flexibility index (Phi) is 7.99. The van der Waals surface area contributed by atoms with Gasteiger partial charge in [-0.1, -0.05) is 17.7 Å². The third-order valence-electron chi connectivity index (χ3n) is 10.4. The Labute approximate surface area is 280 Å². The molecule has 4 aliphatic rings. The van der Waals surface area contributed by atoms with E-state index in [4.69, 9.17) is 36.8 Å². The molecule has 47 heavy (non-hydrogen) atoms.